The summed E-state index contributed by atoms with van der Waals surface area (Å²) in [6.45, 7) is 0.206. The van der Waals surface area contributed by atoms with Crippen LogP contribution in [0.15, 0.2) is 45.9 Å². The molecule has 0 aliphatic rings. The summed E-state index contributed by atoms with van der Waals surface area (Å²) in [7, 11) is -2.62. The number of rotatable bonds is 8. The van der Waals surface area contributed by atoms with Gasteiger partial charge in [0.15, 0.2) is 4.90 Å². The summed E-state index contributed by atoms with van der Waals surface area (Å²) < 4.78 is 38.5. The second-order valence-corrected chi connectivity index (χ2v) is 7.44. The first kappa shape index (κ1) is 19.8. The molecule has 0 unspecified atom stereocenters. The Bertz CT molecular complexity index is 891. The van der Waals surface area contributed by atoms with E-state index in [0.717, 1.165) is 0 Å². The SMILES string of the molecule is COc1ncc(Br)cc1S(=O)(=O)Nc1cccc(OCCNC(=O)O)c1. The molecule has 26 heavy (non-hydrogen) atoms. The lowest BCUT2D eigenvalue weighted by molar-refractivity contribution is 0.191. The maximum absolute atomic E-state index is 12.6. The fourth-order valence-corrected chi connectivity index (χ4v) is 3.62. The zero-order valence-electron chi connectivity index (χ0n) is 13.6. The maximum atomic E-state index is 12.6. The number of pyridine rings is 1. The smallest absolute Gasteiger partial charge is 0.404 e. The van der Waals surface area contributed by atoms with Gasteiger partial charge in [0, 0.05) is 16.7 Å². The number of benzene rings is 1. The maximum Gasteiger partial charge on any atom is 0.404 e. The average molecular weight is 446 g/mol. The Morgan fingerprint density at radius 3 is 2.81 bits per heavy atom. The van der Waals surface area contributed by atoms with Gasteiger partial charge >= 0.3 is 6.09 Å². The number of hydrogen-bond acceptors (Lipinski definition) is 6. The van der Waals surface area contributed by atoms with Crippen LogP contribution in [0.1, 0.15) is 0 Å². The number of aromatic nitrogens is 1. The van der Waals surface area contributed by atoms with Gasteiger partial charge in [-0.3, -0.25) is 4.72 Å². The molecular weight excluding hydrogens is 430 g/mol. The molecule has 1 amide bonds. The standard InChI is InChI=1S/C15H16BrN3O6S/c1-24-14-13(7-10(16)9-18-14)26(22,23)19-11-3-2-4-12(8-11)25-6-5-17-15(20)21/h2-4,7-9,17,19H,5-6H2,1H3,(H,20,21). The number of carbonyl (C=O) groups is 1. The third-order valence-corrected chi connectivity index (χ3v) is 4.81. The first-order valence-corrected chi connectivity index (χ1v) is 9.51. The van der Waals surface area contributed by atoms with Crippen molar-refractivity contribution in [3.05, 3.63) is 41.0 Å². The predicted octanol–water partition coefficient (Wildman–Crippen LogP) is 2.30. The van der Waals surface area contributed by atoms with Crippen LogP contribution >= 0.6 is 15.9 Å². The van der Waals surface area contributed by atoms with Crippen molar-refractivity contribution in [1.29, 1.82) is 0 Å². The molecule has 0 saturated heterocycles. The minimum atomic E-state index is -3.94. The average Bonchev–Trinajstić information content (AvgIpc) is 2.58. The van der Waals surface area contributed by atoms with Gasteiger partial charge in [0.05, 0.1) is 19.3 Å². The Kier molecular flexibility index (Phi) is 6.64. The van der Waals surface area contributed by atoms with Crippen molar-refractivity contribution < 1.29 is 27.8 Å². The second kappa shape index (κ2) is 8.72. The van der Waals surface area contributed by atoms with Gasteiger partial charge in [-0.2, -0.15) is 0 Å². The molecule has 0 radical (unpaired) electrons. The van der Waals surface area contributed by atoms with Crippen LogP contribution in [0.2, 0.25) is 0 Å². The highest BCUT2D eigenvalue weighted by molar-refractivity contribution is 9.10. The highest BCUT2D eigenvalue weighted by atomic mass is 79.9. The predicted molar refractivity (Wildman–Crippen MR) is 97.3 cm³/mol. The van der Waals surface area contributed by atoms with Crippen LogP contribution in [-0.2, 0) is 10.0 Å². The Labute approximate surface area is 158 Å². The third-order valence-electron chi connectivity index (χ3n) is 3.00. The first-order valence-electron chi connectivity index (χ1n) is 7.24. The molecule has 0 aliphatic carbocycles. The van der Waals surface area contributed by atoms with Crippen LogP contribution in [0.4, 0.5) is 10.5 Å². The molecule has 140 valence electrons. The summed E-state index contributed by atoms with van der Waals surface area (Å²) in [6, 6.07) is 7.65. The lowest BCUT2D eigenvalue weighted by Crippen LogP contribution is -2.26. The molecule has 1 aromatic heterocycles. The van der Waals surface area contributed by atoms with Gasteiger partial charge in [-0.25, -0.2) is 18.2 Å². The molecular formula is C15H16BrN3O6S. The summed E-state index contributed by atoms with van der Waals surface area (Å²) in [5, 5.41) is 10.7. The van der Waals surface area contributed by atoms with Gasteiger partial charge in [-0.05, 0) is 34.1 Å². The number of halogens is 1. The Morgan fingerprint density at radius 1 is 1.35 bits per heavy atom. The van der Waals surface area contributed by atoms with Crippen molar-refractivity contribution in [3.63, 3.8) is 0 Å². The van der Waals surface area contributed by atoms with E-state index in [1.54, 1.807) is 18.2 Å². The van der Waals surface area contributed by atoms with Gasteiger partial charge in [0.25, 0.3) is 10.0 Å². The highest BCUT2D eigenvalue weighted by Crippen LogP contribution is 2.27. The minimum absolute atomic E-state index is 0.0344. The van der Waals surface area contributed by atoms with Gasteiger partial charge in [0.2, 0.25) is 5.88 Å². The van der Waals surface area contributed by atoms with Crippen molar-refractivity contribution in [2.75, 3.05) is 25.0 Å². The normalized spacial score (nSPS) is 10.8. The number of methoxy groups -OCH3 is 1. The zero-order valence-corrected chi connectivity index (χ0v) is 16.0. The number of carboxylic acid groups (broad SMARTS) is 1. The minimum Gasteiger partial charge on any atom is -0.492 e. The fourth-order valence-electron chi connectivity index (χ4n) is 1.94. The monoisotopic (exact) mass is 445 g/mol. The Balaban J connectivity index is 2.13. The zero-order chi connectivity index (χ0) is 19.2. The fraction of sp³-hybridized carbons (Fsp3) is 0.200. The number of nitrogens with zero attached hydrogens (tertiary/aromatic N) is 1. The highest BCUT2D eigenvalue weighted by Gasteiger charge is 2.21. The molecule has 0 aliphatic heterocycles. The van der Waals surface area contributed by atoms with E-state index in [9.17, 15) is 13.2 Å². The molecule has 0 bridgehead atoms. The number of nitrogens with one attached hydrogen (secondary N) is 2. The van der Waals surface area contributed by atoms with E-state index in [4.69, 9.17) is 14.6 Å². The molecule has 1 heterocycles. The number of sulfonamides is 1. The van der Waals surface area contributed by atoms with Crippen molar-refractivity contribution in [2.24, 2.45) is 0 Å². The Hall–Kier alpha value is -2.53. The second-order valence-electron chi connectivity index (χ2n) is 4.87. The van der Waals surface area contributed by atoms with E-state index in [2.05, 4.69) is 31.0 Å². The van der Waals surface area contributed by atoms with Crippen molar-refractivity contribution in [3.8, 4) is 11.6 Å². The van der Waals surface area contributed by atoms with E-state index in [1.807, 2.05) is 0 Å². The van der Waals surface area contributed by atoms with E-state index in [1.165, 1.54) is 25.4 Å². The summed E-state index contributed by atoms with van der Waals surface area (Å²) >= 11 is 3.18. The third kappa shape index (κ3) is 5.49. The van der Waals surface area contributed by atoms with E-state index in [0.29, 0.717) is 10.2 Å². The molecule has 0 saturated carbocycles. The molecule has 0 fully saturated rings. The van der Waals surface area contributed by atoms with E-state index in [-0.39, 0.29) is 29.6 Å². The lowest BCUT2D eigenvalue weighted by atomic mass is 10.3. The number of ether oxygens (including phenoxy) is 2. The van der Waals surface area contributed by atoms with Crippen molar-refractivity contribution in [1.82, 2.24) is 10.3 Å². The van der Waals surface area contributed by atoms with Gasteiger partial charge in [-0.1, -0.05) is 6.07 Å². The Morgan fingerprint density at radius 2 is 2.12 bits per heavy atom. The van der Waals surface area contributed by atoms with Crippen LogP contribution < -0.4 is 19.5 Å². The molecule has 3 N–H and O–H groups in total. The van der Waals surface area contributed by atoms with E-state index >= 15 is 0 Å². The van der Waals surface area contributed by atoms with Crippen LogP contribution in [0, 0.1) is 0 Å². The van der Waals surface area contributed by atoms with Crippen LogP contribution in [-0.4, -0.2) is 44.9 Å². The van der Waals surface area contributed by atoms with E-state index < -0.39 is 16.1 Å². The quantitative estimate of drug-likeness (QED) is 0.531. The first-order chi connectivity index (χ1) is 12.3. The van der Waals surface area contributed by atoms with Crippen LogP contribution in [0.3, 0.4) is 0 Å². The molecule has 1 aromatic carbocycles. The summed E-state index contributed by atoms with van der Waals surface area (Å²) in [5.41, 5.74) is 0.274. The lowest BCUT2D eigenvalue weighted by Gasteiger charge is -2.12. The molecule has 2 rings (SSSR count). The summed E-state index contributed by atoms with van der Waals surface area (Å²) in [4.78, 5) is 14.2. The van der Waals surface area contributed by atoms with Crippen LogP contribution in [0.25, 0.3) is 0 Å². The molecule has 0 atom stereocenters. The summed E-state index contributed by atoms with van der Waals surface area (Å²) in [6.07, 6.45) is 0.281. The molecule has 11 heteroatoms. The molecule has 9 nitrogen and oxygen atoms in total. The topological polar surface area (TPSA) is 127 Å². The van der Waals surface area contributed by atoms with Gasteiger partial charge < -0.3 is 19.9 Å². The van der Waals surface area contributed by atoms with Crippen molar-refractivity contribution in [2.45, 2.75) is 4.90 Å². The molecule has 0 spiro atoms. The van der Waals surface area contributed by atoms with Gasteiger partial charge in [-0.15, -0.1) is 0 Å². The largest absolute Gasteiger partial charge is 0.492 e. The number of hydrogen-bond donors (Lipinski definition) is 3. The number of anilines is 1. The summed E-state index contributed by atoms with van der Waals surface area (Å²) in [5.74, 6) is 0.351. The number of amides is 1. The van der Waals surface area contributed by atoms with Crippen molar-refractivity contribution >= 4 is 37.7 Å². The van der Waals surface area contributed by atoms with Crippen LogP contribution in [0.5, 0.6) is 11.6 Å². The molecule has 2 aromatic rings. The van der Waals surface area contributed by atoms with Gasteiger partial charge in [0.1, 0.15) is 12.4 Å².